The fraction of sp³-hybridized carbons (Fsp3) is 0.333. The van der Waals surface area contributed by atoms with Gasteiger partial charge < -0.3 is 9.29 Å². The van der Waals surface area contributed by atoms with Gasteiger partial charge >= 0.3 is 29.6 Å². The summed E-state index contributed by atoms with van der Waals surface area (Å²) in [5.74, 6) is 0.756. The molecule has 0 saturated heterocycles. The van der Waals surface area contributed by atoms with Gasteiger partial charge in [-0.1, -0.05) is 31.9 Å². The Balaban J connectivity index is 0.00000220. The molecule has 0 amide bonds. The Labute approximate surface area is 147 Å². The van der Waals surface area contributed by atoms with Crippen molar-refractivity contribution in [2.45, 2.75) is 31.1 Å². The average Bonchev–Trinajstić information content (AvgIpc) is 2.42. The number of hydrogen-bond acceptors (Lipinski definition) is 4. The predicted octanol–water partition coefficient (Wildman–Crippen LogP) is 0.317. The summed E-state index contributed by atoms with van der Waals surface area (Å²) in [5, 5.41) is 1.56. The van der Waals surface area contributed by atoms with E-state index < -0.39 is 10.1 Å². The van der Waals surface area contributed by atoms with Gasteiger partial charge in [-0.05, 0) is 41.5 Å². The normalized spacial score (nSPS) is 11.1. The Morgan fingerprint density at radius 3 is 2.38 bits per heavy atom. The second-order valence-corrected chi connectivity index (χ2v) is 6.06. The van der Waals surface area contributed by atoms with E-state index in [2.05, 4.69) is 6.92 Å². The maximum atomic E-state index is 11.0. The van der Waals surface area contributed by atoms with E-state index in [1.165, 1.54) is 12.1 Å². The van der Waals surface area contributed by atoms with Crippen LogP contribution < -0.4 is 34.3 Å². The van der Waals surface area contributed by atoms with Crippen molar-refractivity contribution >= 4 is 20.9 Å². The van der Waals surface area contributed by atoms with Crippen LogP contribution in [0.4, 0.5) is 0 Å². The van der Waals surface area contributed by atoms with Crippen LogP contribution in [0.25, 0.3) is 10.8 Å². The summed E-state index contributed by atoms with van der Waals surface area (Å²) < 4.78 is 38.5. The van der Waals surface area contributed by atoms with E-state index in [-0.39, 0.29) is 34.5 Å². The second-order valence-electron chi connectivity index (χ2n) is 4.68. The van der Waals surface area contributed by atoms with Gasteiger partial charge in [-0.2, -0.15) is 0 Å². The van der Waals surface area contributed by atoms with E-state index in [1.807, 2.05) is 6.07 Å². The van der Waals surface area contributed by atoms with Crippen LogP contribution in [0.5, 0.6) is 5.75 Å². The molecule has 2 aromatic carbocycles. The topological polar surface area (TPSA) is 66.4 Å². The van der Waals surface area contributed by atoms with Gasteiger partial charge in [0.05, 0.1) is 11.5 Å². The first-order valence-corrected chi connectivity index (χ1v) is 8.04. The molecule has 0 fully saturated rings. The fourth-order valence-corrected chi connectivity index (χ4v) is 2.50. The van der Waals surface area contributed by atoms with Crippen LogP contribution >= 0.6 is 0 Å². The summed E-state index contributed by atoms with van der Waals surface area (Å²) in [6.07, 6.45) is 3.30. The van der Waals surface area contributed by atoms with Crippen LogP contribution in [0.15, 0.2) is 41.3 Å². The van der Waals surface area contributed by atoms with Crippen molar-refractivity contribution in [2.24, 2.45) is 0 Å². The largest absolute Gasteiger partial charge is 1.00 e. The monoisotopic (exact) mass is 316 g/mol. The van der Waals surface area contributed by atoms with Crippen LogP contribution in [0, 0.1) is 0 Å². The Hall–Kier alpha value is -0.590. The Bertz CT molecular complexity index is 698. The molecule has 0 aliphatic heterocycles. The molecule has 108 valence electrons. The Kier molecular flexibility index (Phi) is 7.16. The van der Waals surface area contributed by atoms with E-state index in [1.54, 1.807) is 18.2 Å². The molecule has 0 heterocycles. The van der Waals surface area contributed by atoms with Crippen molar-refractivity contribution in [1.82, 2.24) is 0 Å². The summed E-state index contributed by atoms with van der Waals surface area (Å²) in [6.45, 7) is 2.81. The molecule has 0 N–H and O–H groups in total. The minimum atomic E-state index is -4.41. The minimum absolute atomic E-state index is 0. The van der Waals surface area contributed by atoms with Crippen molar-refractivity contribution in [1.29, 1.82) is 0 Å². The number of ether oxygens (including phenoxy) is 1. The van der Waals surface area contributed by atoms with Gasteiger partial charge in [0, 0.05) is 0 Å². The SMILES string of the molecule is CCCCCOc1ccc2cc(S(=O)(=O)[O-])ccc2c1.[Na+]. The molecule has 0 saturated carbocycles. The molecule has 0 bridgehead atoms. The summed E-state index contributed by atoms with van der Waals surface area (Å²) in [6, 6.07) is 9.74. The second kappa shape index (κ2) is 8.15. The molecule has 0 radical (unpaired) electrons. The van der Waals surface area contributed by atoms with Crippen LogP contribution in [0.1, 0.15) is 26.2 Å². The third kappa shape index (κ3) is 5.27. The van der Waals surface area contributed by atoms with Crippen molar-refractivity contribution in [2.75, 3.05) is 6.61 Å². The molecular formula is C15H17NaO4S. The van der Waals surface area contributed by atoms with Crippen LogP contribution in [-0.2, 0) is 10.1 Å². The molecule has 0 atom stereocenters. The average molecular weight is 316 g/mol. The molecule has 0 spiro atoms. The van der Waals surface area contributed by atoms with Crippen LogP contribution in [-0.4, -0.2) is 19.6 Å². The van der Waals surface area contributed by atoms with Gasteiger partial charge in [0.25, 0.3) is 0 Å². The van der Waals surface area contributed by atoms with Crippen molar-refractivity contribution in [3.8, 4) is 5.75 Å². The van der Waals surface area contributed by atoms with Crippen LogP contribution in [0.3, 0.4) is 0 Å². The van der Waals surface area contributed by atoms with E-state index in [0.29, 0.717) is 12.0 Å². The molecule has 4 nitrogen and oxygen atoms in total. The molecule has 0 aliphatic rings. The third-order valence-electron chi connectivity index (χ3n) is 3.09. The third-order valence-corrected chi connectivity index (χ3v) is 3.92. The fourth-order valence-electron chi connectivity index (χ4n) is 1.99. The maximum Gasteiger partial charge on any atom is 1.00 e. The first kappa shape index (κ1) is 18.5. The number of fused-ring (bicyclic) bond motifs is 1. The molecular weight excluding hydrogens is 299 g/mol. The molecule has 2 rings (SSSR count). The number of hydrogen-bond donors (Lipinski definition) is 0. The first-order chi connectivity index (χ1) is 9.50. The smallest absolute Gasteiger partial charge is 0.744 e. The van der Waals surface area contributed by atoms with Gasteiger partial charge in [0.15, 0.2) is 0 Å². The quantitative estimate of drug-likeness (QED) is 0.437. The minimum Gasteiger partial charge on any atom is -0.744 e. The predicted molar refractivity (Wildman–Crippen MR) is 76.9 cm³/mol. The molecule has 0 aliphatic carbocycles. The van der Waals surface area contributed by atoms with Gasteiger partial charge in [0.2, 0.25) is 0 Å². The molecule has 0 aromatic heterocycles. The van der Waals surface area contributed by atoms with Crippen molar-refractivity contribution in [3.05, 3.63) is 36.4 Å². The molecule has 2 aromatic rings. The first-order valence-electron chi connectivity index (χ1n) is 6.63. The summed E-state index contributed by atoms with van der Waals surface area (Å²) in [5.41, 5.74) is 0. The zero-order chi connectivity index (χ0) is 14.6. The van der Waals surface area contributed by atoms with Gasteiger partial charge in [-0.3, -0.25) is 0 Å². The van der Waals surface area contributed by atoms with E-state index in [0.717, 1.165) is 30.4 Å². The van der Waals surface area contributed by atoms with Gasteiger partial charge in [-0.15, -0.1) is 0 Å². The summed E-state index contributed by atoms with van der Waals surface area (Å²) in [4.78, 5) is -0.207. The van der Waals surface area contributed by atoms with E-state index in [4.69, 9.17) is 4.74 Å². The maximum absolute atomic E-state index is 11.0. The van der Waals surface area contributed by atoms with Gasteiger partial charge in [-0.25, -0.2) is 8.42 Å². The van der Waals surface area contributed by atoms with Crippen molar-refractivity contribution in [3.63, 3.8) is 0 Å². The zero-order valence-corrected chi connectivity index (χ0v) is 15.2. The van der Waals surface area contributed by atoms with E-state index >= 15 is 0 Å². The van der Waals surface area contributed by atoms with Gasteiger partial charge in [0.1, 0.15) is 15.9 Å². The molecule has 6 heteroatoms. The number of rotatable bonds is 6. The van der Waals surface area contributed by atoms with E-state index in [9.17, 15) is 13.0 Å². The number of unbranched alkanes of at least 4 members (excludes halogenated alkanes) is 2. The Morgan fingerprint density at radius 2 is 1.71 bits per heavy atom. The Morgan fingerprint density at radius 1 is 1.05 bits per heavy atom. The zero-order valence-electron chi connectivity index (χ0n) is 12.3. The molecule has 21 heavy (non-hydrogen) atoms. The van der Waals surface area contributed by atoms with Crippen molar-refractivity contribution < 1.29 is 47.3 Å². The van der Waals surface area contributed by atoms with Crippen LogP contribution in [0.2, 0.25) is 0 Å². The summed E-state index contributed by atoms with van der Waals surface area (Å²) >= 11 is 0. The molecule has 0 unspecified atom stereocenters. The number of benzene rings is 2. The summed E-state index contributed by atoms with van der Waals surface area (Å²) in [7, 11) is -4.41. The standard InChI is InChI=1S/C15H18O4S.Na/c1-2-3-4-9-19-14-7-5-13-11-15(20(16,17)18)8-6-12(13)10-14;/h5-8,10-11H,2-4,9H2,1H3,(H,16,17,18);/q;+1/p-1.